The van der Waals surface area contributed by atoms with Gasteiger partial charge in [-0.15, -0.1) is 0 Å². The summed E-state index contributed by atoms with van der Waals surface area (Å²) < 4.78 is 11.9. The first kappa shape index (κ1) is 28.2. The summed E-state index contributed by atoms with van der Waals surface area (Å²) >= 11 is -4.44. The third-order valence-corrected chi connectivity index (χ3v) is 40.3. The van der Waals surface area contributed by atoms with E-state index in [-0.39, 0.29) is 0 Å². The number of allylic oxidation sites excluding steroid dienone is 2. The molecule has 2 aliphatic rings. The summed E-state index contributed by atoms with van der Waals surface area (Å²) in [7, 11) is 0. The fraction of sp³-hybridized carbons (Fsp3) is 0.275. The van der Waals surface area contributed by atoms with Crippen LogP contribution >= 0.6 is 0 Å². The van der Waals surface area contributed by atoms with Gasteiger partial charge in [0.25, 0.3) is 0 Å². The summed E-state index contributed by atoms with van der Waals surface area (Å²) in [5, 5.41) is 0. The minimum absolute atomic E-state index is 0.427. The number of fused-ring (bicyclic) bond motifs is 2. The summed E-state index contributed by atoms with van der Waals surface area (Å²) in [4.78, 5) is 0. The molecular formula is C40H45Hf. The number of benzene rings is 4. The summed E-state index contributed by atoms with van der Waals surface area (Å²) in [5.41, 5.74) is 16.6. The van der Waals surface area contributed by atoms with Crippen molar-refractivity contribution >= 4 is 15.9 Å². The maximum atomic E-state index is 2.83. The van der Waals surface area contributed by atoms with Crippen LogP contribution in [0.25, 0.3) is 34.4 Å². The predicted octanol–water partition coefficient (Wildman–Crippen LogP) is 11.7. The zero-order chi connectivity index (χ0) is 29.2. The average Bonchev–Trinajstić information content (AvgIpc) is 3.54. The molecule has 2 atom stereocenters. The molecule has 0 saturated heterocycles. The first-order valence-corrected chi connectivity index (χ1v) is 32.4. The number of rotatable bonds is 5. The third kappa shape index (κ3) is 4.47. The van der Waals surface area contributed by atoms with E-state index in [0.29, 0.717) is 7.35 Å². The second-order valence-electron chi connectivity index (χ2n) is 15.3. The van der Waals surface area contributed by atoms with E-state index in [1.807, 2.05) is 0 Å². The van der Waals surface area contributed by atoms with Crippen LogP contribution < -0.4 is 0 Å². The van der Waals surface area contributed by atoms with Gasteiger partial charge in [-0.05, 0) is 0 Å². The Morgan fingerprint density at radius 1 is 0.585 bits per heavy atom. The molecule has 0 heterocycles. The Labute approximate surface area is 245 Å². The summed E-state index contributed by atoms with van der Waals surface area (Å²) in [6.45, 7) is 11.2. The molecule has 0 aliphatic heterocycles. The molecule has 2 unspecified atom stereocenters. The fourth-order valence-electron chi connectivity index (χ4n) is 8.82. The first-order chi connectivity index (χ1) is 19.3. The van der Waals surface area contributed by atoms with Gasteiger partial charge in [-0.2, -0.15) is 0 Å². The monoisotopic (exact) mass is 705 g/mol. The van der Waals surface area contributed by atoms with E-state index >= 15 is 0 Å². The normalized spacial score (nSPS) is 19.0. The van der Waals surface area contributed by atoms with Crippen molar-refractivity contribution in [3.8, 4) is 22.3 Å². The van der Waals surface area contributed by atoms with Crippen LogP contribution in [0.15, 0.2) is 84.9 Å². The van der Waals surface area contributed by atoms with Crippen molar-refractivity contribution in [1.29, 1.82) is 0 Å². The van der Waals surface area contributed by atoms with Crippen LogP contribution in [-0.4, -0.2) is 3.76 Å². The molecule has 41 heavy (non-hydrogen) atoms. The van der Waals surface area contributed by atoms with E-state index in [1.165, 1.54) is 66.8 Å². The molecule has 4 aromatic rings. The molecule has 0 saturated carbocycles. The van der Waals surface area contributed by atoms with Gasteiger partial charge in [0, 0.05) is 0 Å². The molecule has 0 amide bonds. The molecule has 0 bridgehead atoms. The van der Waals surface area contributed by atoms with Crippen molar-refractivity contribution in [3.05, 3.63) is 129 Å². The molecule has 0 aromatic heterocycles. The van der Waals surface area contributed by atoms with Gasteiger partial charge in [0.2, 0.25) is 0 Å². The molecule has 6 rings (SSSR count). The van der Waals surface area contributed by atoms with Gasteiger partial charge in [0.15, 0.2) is 0 Å². The quantitative estimate of drug-likeness (QED) is 0.182. The molecule has 0 fully saturated rings. The van der Waals surface area contributed by atoms with Gasteiger partial charge in [-0.25, -0.2) is 0 Å². The van der Waals surface area contributed by atoms with Crippen LogP contribution in [0.4, 0.5) is 0 Å². The Morgan fingerprint density at radius 3 is 1.34 bits per heavy atom. The van der Waals surface area contributed by atoms with E-state index in [9.17, 15) is 0 Å². The second-order valence-corrected chi connectivity index (χ2v) is 54.2. The van der Waals surface area contributed by atoms with Gasteiger partial charge in [0.1, 0.15) is 0 Å². The Bertz CT molecular complexity index is 1710. The summed E-state index contributed by atoms with van der Waals surface area (Å²) in [5.74, 6) is 0. The number of hydrogen-bond donors (Lipinski definition) is 0. The standard InChI is InChI=1S/2C17H15.C3H6.3CH3.Hf/c2*1-12-9-13(2)11-15(10-12)17-8-4-6-14-5-3-7-16(14)17;1-3-2;;;;/h2*3-11H,1-2H3;1H,3H2,2H3;3*1H3;. The van der Waals surface area contributed by atoms with Crippen LogP contribution in [0.5, 0.6) is 0 Å². The van der Waals surface area contributed by atoms with Crippen LogP contribution in [0.1, 0.15) is 65.2 Å². The van der Waals surface area contributed by atoms with Crippen molar-refractivity contribution in [2.45, 2.75) is 62.4 Å². The predicted molar refractivity (Wildman–Crippen MR) is 180 cm³/mol. The molecule has 1 heteroatoms. The fourth-order valence-corrected chi connectivity index (χ4v) is 35.7. The number of hydrogen-bond acceptors (Lipinski definition) is 0. The Kier molecular flexibility index (Phi) is 6.40. The Balaban J connectivity index is 1.54. The van der Waals surface area contributed by atoms with Crippen LogP contribution in [0.2, 0.25) is 14.0 Å². The molecule has 209 valence electrons. The van der Waals surface area contributed by atoms with Crippen molar-refractivity contribution in [3.63, 3.8) is 0 Å². The Morgan fingerprint density at radius 2 is 0.976 bits per heavy atom. The van der Waals surface area contributed by atoms with Crippen LogP contribution in [0.3, 0.4) is 0 Å². The zero-order valence-corrected chi connectivity index (χ0v) is 29.8. The van der Waals surface area contributed by atoms with Gasteiger partial charge in [-0.1, -0.05) is 0 Å². The average molecular weight is 704 g/mol. The topological polar surface area (TPSA) is 0 Å². The van der Waals surface area contributed by atoms with Gasteiger partial charge in [0.05, 0.1) is 0 Å². The van der Waals surface area contributed by atoms with Crippen LogP contribution in [-0.2, 0) is 16.5 Å². The maximum absolute atomic E-state index is 4.44. The minimum atomic E-state index is -4.44. The van der Waals surface area contributed by atoms with E-state index in [4.69, 9.17) is 0 Å². The first-order valence-electron chi connectivity index (χ1n) is 15.4. The Hall–Kier alpha value is -2.90. The molecular weight excluding hydrogens is 659 g/mol. The van der Waals surface area contributed by atoms with Crippen molar-refractivity contribution < 1.29 is 16.5 Å². The summed E-state index contributed by atoms with van der Waals surface area (Å²) in [6, 6.07) is 28.0. The summed E-state index contributed by atoms with van der Waals surface area (Å²) in [6.07, 6.45) is 11.2. The third-order valence-electron chi connectivity index (χ3n) is 10.6. The number of aryl methyl sites for hydroxylation is 4. The van der Waals surface area contributed by atoms with E-state index in [2.05, 4.69) is 150 Å². The molecule has 0 nitrogen and oxygen atoms in total. The van der Waals surface area contributed by atoms with Gasteiger partial charge in [-0.3, -0.25) is 0 Å². The molecule has 0 spiro atoms. The van der Waals surface area contributed by atoms with Crippen molar-refractivity contribution in [2.75, 3.05) is 0 Å². The SMILES string of the molecule is CC[CH]=[Hf]([CH3])([CH3])([CH3])([CH]1C=Cc2c(-c3cc(C)cc(C)c3)cccc21)[CH]1C=Cc2c(-c3cc(C)cc(C)c3)cccc21. The van der Waals surface area contributed by atoms with Crippen molar-refractivity contribution in [1.82, 2.24) is 0 Å². The molecule has 4 aromatic carbocycles. The zero-order valence-electron chi connectivity index (χ0n) is 26.2. The second kappa shape index (κ2) is 9.30. The van der Waals surface area contributed by atoms with Gasteiger partial charge < -0.3 is 0 Å². The van der Waals surface area contributed by atoms with E-state index < -0.39 is 16.5 Å². The molecule has 0 radical (unpaired) electrons. The van der Waals surface area contributed by atoms with Crippen molar-refractivity contribution in [2.24, 2.45) is 0 Å². The van der Waals surface area contributed by atoms with E-state index in [0.717, 1.165) is 6.42 Å². The van der Waals surface area contributed by atoms with E-state index in [1.54, 1.807) is 0 Å². The molecule has 0 N–H and O–H groups in total. The van der Waals surface area contributed by atoms with Gasteiger partial charge >= 0.3 is 247 Å². The van der Waals surface area contributed by atoms with Crippen LogP contribution in [0, 0.1) is 27.7 Å². The molecule has 2 aliphatic carbocycles.